The lowest BCUT2D eigenvalue weighted by molar-refractivity contribution is -0.144. The summed E-state index contributed by atoms with van der Waals surface area (Å²) in [6.07, 6.45) is 2.99. The Labute approximate surface area is 164 Å². The first-order valence-electron chi connectivity index (χ1n) is 9.33. The molecule has 2 heterocycles. The van der Waals surface area contributed by atoms with Crippen LogP contribution in [0.3, 0.4) is 0 Å². The van der Waals surface area contributed by atoms with Gasteiger partial charge in [0.1, 0.15) is 12.2 Å². The number of halogens is 1. The highest BCUT2D eigenvalue weighted by Crippen LogP contribution is 2.29. The van der Waals surface area contributed by atoms with Crippen LogP contribution in [0.5, 0.6) is 0 Å². The molecule has 1 aliphatic heterocycles. The van der Waals surface area contributed by atoms with Gasteiger partial charge in [-0.2, -0.15) is 5.10 Å². The van der Waals surface area contributed by atoms with E-state index in [4.69, 9.17) is 21.4 Å². The Morgan fingerprint density at radius 3 is 2.70 bits per heavy atom. The van der Waals surface area contributed by atoms with Crippen LogP contribution in [0, 0.1) is 0 Å². The molecule has 0 fully saturated rings. The highest BCUT2D eigenvalue weighted by Gasteiger charge is 2.34. The molecular formula is C20H24ClN3O3. The first kappa shape index (κ1) is 19.4. The van der Waals surface area contributed by atoms with E-state index < -0.39 is 0 Å². The van der Waals surface area contributed by atoms with Crippen molar-refractivity contribution in [3.05, 3.63) is 41.0 Å². The molecule has 1 amide bonds. The van der Waals surface area contributed by atoms with Crippen LogP contribution in [0.1, 0.15) is 49.6 Å². The maximum Gasteiger partial charge on any atom is 0.325 e. The number of nitrogens with zero attached hydrogens (tertiary/aromatic N) is 3. The molecule has 6 nitrogen and oxygen atoms in total. The van der Waals surface area contributed by atoms with Crippen LogP contribution in [-0.2, 0) is 9.53 Å². The van der Waals surface area contributed by atoms with Crippen LogP contribution in [0.4, 0.5) is 0 Å². The summed E-state index contributed by atoms with van der Waals surface area (Å²) in [7, 11) is 0. The number of carbonyl (C=O) groups is 2. The summed E-state index contributed by atoms with van der Waals surface area (Å²) >= 11 is 5.97. The third-order valence-corrected chi connectivity index (χ3v) is 4.93. The third kappa shape index (κ3) is 4.33. The van der Waals surface area contributed by atoms with Gasteiger partial charge in [-0.15, -0.1) is 0 Å². The van der Waals surface area contributed by atoms with Gasteiger partial charge in [-0.25, -0.2) is 0 Å². The molecule has 7 heteroatoms. The van der Waals surface area contributed by atoms with E-state index in [0.29, 0.717) is 23.9 Å². The number of carbonyl (C=O) groups excluding carboxylic acids is 2. The number of hydrogen-bond donors (Lipinski definition) is 0. The minimum atomic E-state index is -0.383. The molecule has 1 atom stereocenters. The largest absolute Gasteiger partial charge is 0.465 e. The molecule has 0 bridgehead atoms. The van der Waals surface area contributed by atoms with E-state index in [9.17, 15) is 9.59 Å². The molecule has 0 radical (unpaired) electrons. The van der Waals surface area contributed by atoms with Gasteiger partial charge < -0.3 is 9.64 Å². The van der Waals surface area contributed by atoms with Crippen molar-refractivity contribution >= 4 is 23.5 Å². The van der Waals surface area contributed by atoms with Crippen molar-refractivity contribution < 1.29 is 14.3 Å². The zero-order valence-corrected chi connectivity index (χ0v) is 16.4. The minimum Gasteiger partial charge on any atom is -0.465 e. The van der Waals surface area contributed by atoms with Crippen molar-refractivity contribution in [1.29, 1.82) is 0 Å². The van der Waals surface area contributed by atoms with E-state index in [-0.39, 0.29) is 24.5 Å². The SMILES string of the molecule is CCCCC1CN(CC(=O)OCC)C(=O)c2cc(-c3ccc(Cl)cc3)nn21. The number of amides is 1. The van der Waals surface area contributed by atoms with E-state index in [1.807, 2.05) is 16.8 Å². The van der Waals surface area contributed by atoms with Gasteiger partial charge in [0.15, 0.2) is 0 Å². The van der Waals surface area contributed by atoms with Crippen LogP contribution < -0.4 is 0 Å². The van der Waals surface area contributed by atoms with E-state index in [2.05, 4.69) is 6.92 Å². The molecule has 3 rings (SSSR count). The predicted octanol–water partition coefficient (Wildman–Crippen LogP) is 3.95. The summed E-state index contributed by atoms with van der Waals surface area (Å²) in [5, 5.41) is 5.35. The van der Waals surface area contributed by atoms with Crippen LogP contribution in [0.25, 0.3) is 11.3 Å². The predicted molar refractivity (Wildman–Crippen MR) is 104 cm³/mol. The Kier molecular flexibility index (Phi) is 6.16. The number of hydrogen-bond acceptors (Lipinski definition) is 4. The lowest BCUT2D eigenvalue weighted by Gasteiger charge is -2.33. The zero-order valence-electron chi connectivity index (χ0n) is 15.7. The molecule has 0 N–H and O–H groups in total. The molecule has 0 saturated carbocycles. The Hall–Kier alpha value is -2.34. The Balaban J connectivity index is 1.91. The molecule has 144 valence electrons. The Bertz CT molecular complexity index is 816. The molecule has 0 aliphatic carbocycles. The first-order chi connectivity index (χ1) is 13.0. The van der Waals surface area contributed by atoms with Gasteiger partial charge in [0, 0.05) is 17.1 Å². The molecule has 1 aliphatic rings. The van der Waals surface area contributed by atoms with E-state index in [0.717, 1.165) is 30.5 Å². The van der Waals surface area contributed by atoms with Crippen molar-refractivity contribution in [1.82, 2.24) is 14.7 Å². The van der Waals surface area contributed by atoms with Crippen molar-refractivity contribution in [2.24, 2.45) is 0 Å². The second-order valence-electron chi connectivity index (χ2n) is 6.65. The summed E-state index contributed by atoms with van der Waals surface area (Å²) in [6.45, 7) is 4.63. The average Bonchev–Trinajstić information content (AvgIpc) is 3.10. The van der Waals surface area contributed by atoms with Gasteiger partial charge in [-0.3, -0.25) is 14.3 Å². The maximum absolute atomic E-state index is 12.9. The molecule has 1 unspecified atom stereocenters. The highest BCUT2D eigenvalue weighted by atomic mass is 35.5. The molecule has 1 aromatic heterocycles. The lowest BCUT2D eigenvalue weighted by Crippen LogP contribution is -2.45. The molecular weight excluding hydrogens is 366 g/mol. The van der Waals surface area contributed by atoms with E-state index in [1.54, 1.807) is 30.0 Å². The topological polar surface area (TPSA) is 64.4 Å². The molecule has 0 saturated heterocycles. The van der Waals surface area contributed by atoms with Crippen LogP contribution in [0.2, 0.25) is 5.02 Å². The fourth-order valence-electron chi connectivity index (χ4n) is 3.32. The maximum atomic E-state index is 12.9. The number of fused-ring (bicyclic) bond motifs is 1. The van der Waals surface area contributed by atoms with Gasteiger partial charge >= 0.3 is 5.97 Å². The number of benzene rings is 1. The van der Waals surface area contributed by atoms with Crippen LogP contribution in [0.15, 0.2) is 30.3 Å². The van der Waals surface area contributed by atoms with Crippen molar-refractivity contribution in [2.75, 3.05) is 19.7 Å². The molecule has 0 spiro atoms. The first-order valence-corrected chi connectivity index (χ1v) is 9.71. The molecule has 27 heavy (non-hydrogen) atoms. The summed E-state index contributed by atoms with van der Waals surface area (Å²) in [4.78, 5) is 26.4. The summed E-state index contributed by atoms with van der Waals surface area (Å²) < 4.78 is 6.84. The number of unbranched alkanes of at least 4 members (excludes halogenated alkanes) is 1. The summed E-state index contributed by atoms with van der Waals surface area (Å²) in [6, 6.07) is 9.23. The molecule has 1 aromatic carbocycles. The summed E-state index contributed by atoms with van der Waals surface area (Å²) in [5.41, 5.74) is 2.14. The number of ether oxygens (including phenoxy) is 1. The van der Waals surface area contributed by atoms with E-state index >= 15 is 0 Å². The zero-order chi connectivity index (χ0) is 19.4. The number of aromatic nitrogens is 2. The molecule has 2 aromatic rings. The van der Waals surface area contributed by atoms with Gasteiger partial charge in [0.05, 0.1) is 18.3 Å². The fraction of sp³-hybridized carbons (Fsp3) is 0.450. The van der Waals surface area contributed by atoms with Crippen molar-refractivity contribution in [3.8, 4) is 11.3 Å². The average molecular weight is 390 g/mol. The Morgan fingerprint density at radius 1 is 1.30 bits per heavy atom. The summed E-state index contributed by atoms with van der Waals surface area (Å²) in [5.74, 6) is -0.575. The van der Waals surface area contributed by atoms with Crippen LogP contribution >= 0.6 is 11.6 Å². The van der Waals surface area contributed by atoms with Gasteiger partial charge in [-0.05, 0) is 31.5 Å². The van der Waals surface area contributed by atoms with Crippen LogP contribution in [-0.4, -0.2) is 46.3 Å². The van der Waals surface area contributed by atoms with Crippen molar-refractivity contribution in [2.45, 2.75) is 39.2 Å². The second kappa shape index (κ2) is 8.57. The smallest absolute Gasteiger partial charge is 0.325 e. The fourth-order valence-corrected chi connectivity index (χ4v) is 3.45. The lowest BCUT2D eigenvalue weighted by atomic mass is 10.1. The quantitative estimate of drug-likeness (QED) is 0.672. The Morgan fingerprint density at radius 2 is 2.04 bits per heavy atom. The number of rotatable bonds is 7. The monoisotopic (exact) mass is 389 g/mol. The standard InChI is InChI=1S/C20H24ClN3O3/c1-3-5-6-16-12-23(13-19(25)27-4-2)20(26)18-11-17(22-24(16)18)14-7-9-15(21)10-8-14/h7-11,16H,3-6,12-13H2,1-2H3. The van der Waals surface area contributed by atoms with E-state index in [1.165, 1.54) is 0 Å². The highest BCUT2D eigenvalue weighted by molar-refractivity contribution is 6.30. The second-order valence-corrected chi connectivity index (χ2v) is 7.09. The van der Waals surface area contributed by atoms with Crippen molar-refractivity contribution in [3.63, 3.8) is 0 Å². The van der Waals surface area contributed by atoms with Gasteiger partial charge in [-0.1, -0.05) is 43.5 Å². The van der Waals surface area contributed by atoms with Gasteiger partial charge in [0.2, 0.25) is 0 Å². The van der Waals surface area contributed by atoms with Gasteiger partial charge in [0.25, 0.3) is 5.91 Å². The third-order valence-electron chi connectivity index (χ3n) is 4.68. The minimum absolute atomic E-state index is 0.0310. The normalized spacial score (nSPS) is 16.3. The number of esters is 1.